The predicted octanol–water partition coefficient (Wildman–Crippen LogP) is -6.82. The van der Waals surface area contributed by atoms with Crippen LogP contribution < -0.4 is 46.0 Å². The van der Waals surface area contributed by atoms with Gasteiger partial charge in [0.15, 0.2) is 0 Å². The molecule has 0 spiro atoms. The minimum Gasteiger partial charge on any atom is 1.00 e. The van der Waals surface area contributed by atoms with Gasteiger partial charge in [0.1, 0.15) is 0 Å². The molecule has 2 aromatic heterocycles. The summed E-state index contributed by atoms with van der Waals surface area (Å²) in [7, 11) is 0. The molecule has 1 aliphatic rings. The molecule has 0 amide bonds. The fourth-order valence-electron chi connectivity index (χ4n) is 2.43. The Morgan fingerprint density at radius 1 is 1.50 bits per heavy atom. The topological polar surface area (TPSA) is 162 Å². The van der Waals surface area contributed by atoms with Crippen molar-refractivity contribution in [1.29, 1.82) is 0 Å². The molecule has 12 heteroatoms. The molecule has 1 saturated heterocycles. The van der Waals surface area contributed by atoms with Crippen LogP contribution in [0.4, 0.5) is 5.95 Å². The van der Waals surface area contributed by atoms with E-state index in [0.717, 1.165) is 0 Å². The molecule has 2 aromatic rings. The number of imidazole rings is 1. The van der Waals surface area contributed by atoms with Crippen LogP contribution in [-0.2, 0) is 4.74 Å². The number of anilines is 1. The van der Waals surface area contributed by atoms with E-state index < -0.39 is 33.5 Å². The molecule has 1 aliphatic heterocycles. The van der Waals surface area contributed by atoms with Crippen molar-refractivity contribution in [2.45, 2.75) is 27.9 Å². The molecule has 3 heterocycles. The van der Waals surface area contributed by atoms with Gasteiger partial charge in [-0.1, -0.05) is 0 Å². The second-order valence-electron chi connectivity index (χ2n) is 4.95. The Morgan fingerprint density at radius 3 is 2.77 bits per heavy atom. The normalized spacial score (nSPS) is 29.5. The number of nitrogen functional groups attached to an aromatic ring is 1. The van der Waals surface area contributed by atoms with Crippen LogP contribution >= 0.6 is 0 Å². The van der Waals surface area contributed by atoms with Crippen LogP contribution in [0.15, 0.2) is 11.1 Å². The zero-order valence-corrected chi connectivity index (χ0v) is 16.0. The Kier molecular flexibility index (Phi) is 5.71. The summed E-state index contributed by atoms with van der Waals surface area (Å²) in [4.78, 5) is 21.8. The van der Waals surface area contributed by atoms with Crippen molar-refractivity contribution in [3.05, 3.63) is 16.7 Å². The predicted molar refractivity (Wildman–Crippen MR) is 68.0 cm³/mol. The second kappa shape index (κ2) is 6.85. The van der Waals surface area contributed by atoms with Crippen molar-refractivity contribution >= 4 is 45.0 Å². The van der Waals surface area contributed by atoms with Crippen LogP contribution in [0, 0.1) is 0 Å². The van der Waals surface area contributed by atoms with Gasteiger partial charge < -0.3 is 0 Å². The fourth-order valence-corrected chi connectivity index (χ4v) is 2.98. The Hall–Kier alpha value is -0.0100. The molecule has 0 aromatic carbocycles. The average Bonchev–Trinajstić information content (AvgIpc) is 2.93. The van der Waals surface area contributed by atoms with E-state index in [9.17, 15) is 20.1 Å². The van der Waals surface area contributed by atoms with Crippen molar-refractivity contribution in [2.75, 3.05) is 5.73 Å². The maximum atomic E-state index is 11.7. The van der Waals surface area contributed by atoms with Crippen LogP contribution in [-0.4, -0.2) is 79.3 Å². The number of aliphatic hydroxyl groups is 2. The number of H-pyrrole nitrogens is 1. The first-order chi connectivity index (χ1) is 9.90. The summed E-state index contributed by atoms with van der Waals surface area (Å²) in [5, 5.41) is 31.5. The third-order valence-electron chi connectivity index (χ3n) is 3.46. The molecule has 5 atom stereocenters. The Morgan fingerprint density at radius 2 is 2.18 bits per heavy atom. The number of aliphatic hydroxyl groups excluding tert-OH is 2. The fraction of sp³-hybridized carbons (Fsp3) is 0.500. The van der Waals surface area contributed by atoms with E-state index in [2.05, 4.69) is 15.0 Å². The molecule has 1 unspecified atom stereocenters. The Bertz CT molecular complexity index is 734. The SMILES string of the molecule is Nc1nc2c(ncn2[C@@H]2O[C@H]([CH]([O-])[Na])[C@@H](O)[C@H]2O)c(=O)[nH]1.[Na+]. The molecule has 10 nitrogen and oxygen atoms in total. The van der Waals surface area contributed by atoms with Gasteiger partial charge in [0.25, 0.3) is 0 Å². The maximum absolute atomic E-state index is 11.7. The van der Waals surface area contributed by atoms with Gasteiger partial charge in [0, 0.05) is 0 Å². The first-order valence-corrected chi connectivity index (χ1v) is 7.45. The van der Waals surface area contributed by atoms with Gasteiger partial charge >= 0.3 is 164 Å². The summed E-state index contributed by atoms with van der Waals surface area (Å²) in [5.41, 5.74) is 5.11. The zero-order chi connectivity index (χ0) is 15.3. The van der Waals surface area contributed by atoms with Gasteiger partial charge in [-0.3, -0.25) is 0 Å². The summed E-state index contributed by atoms with van der Waals surface area (Å²) in [5.74, 6) is -0.108. The van der Waals surface area contributed by atoms with E-state index in [1.165, 1.54) is 10.9 Å². The van der Waals surface area contributed by atoms with Crippen molar-refractivity contribution in [1.82, 2.24) is 19.5 Å². The summed E-state index contributed by atoms with van der Waals surface area (Å²) in [6.45, 7) is 0. The molecule has 22 heavy (non-hydrogen) atoms. The van der Waals surface area contributed by atoms with Crippen LogP contribution in [0.1, 0.15) is 6.23 Å². The van der Waals surface area contributed by atoms with E-state index >= 15 is 0 Å². The van der Waals surface area contributed by atoms with Crippen molar-refractivity contribution in [3.8, 4) is 0 Å². The second-order valence-corrected chi connectivity index (χ2v) is 6.09. The summed E-state index contributed by atoms with van der Waals surface area (Å²) in [6, 6.07) is 0. The molecule has 0 radical (unpaired) electrons. The third kappa shape index (κ3) is 3.00. The molecule has 1 fully saturated rings. The van der Waals surface area contributed by atoms with Crippen molar-refractivity contribution < 1.29 is 49.6 Å². The Balaban J connectivity index is 0.00000176. The number of ether oxygens (including phenoxy) is 1. The molecule has 3 rings (SSSR count). The van der Waals surface area contributed by atoms with Crippen LogP contribution in [0.25, 0.3) is 11.2 Å². The van der Waals surface area contributed by atoms with E-state index in [-0.39, 0.29) is 74.6 Å². The van der Waals surface area contributed by atoms with Crippen molar-refractivity contribution in [2.24, 2.45) is 0 Å². The molecule has 108 valence electrons. The molecular weight excluding hydrogens is 316 g/mol. The number of rotatable bonds is 2. The Labute approximate surface area is 163 Å². The van der Waals surface area contributed by atoms with E-state index in [1.54, 1.807) is 0 Å². The minimum absolute atomic E-state index is 0. The smallest absolute Gasteiger partial charge is 1.00 e. The molecule has 0 aliphatic carbocycles. The van der Waals surface area contributed by atoms with Gasteiger partial charge in [0.2, 0.25) is 0 Å². The van der Waals surface area contributed by atoms with E-state index in [0.29, 0.717) is 0 Å². The first-order valence-electron chi connectivity index (χ1n) is 6.30. The van der Waals surface area contributed by atoms with E-state index in [4.69, 9.17) is 10.5 Å². The number of hydrogen-bond donors (Lipinski definition) is 4. The molecule has 5 N–H and O–H groups in total. The number of nitrogens with zero attached hydrogens (tertiary/aromatic N) is 3. The zero-order valence-electron chi connectivity index (χ0n) is 12.0. The molecule has 0 saturated carbocycles. The third-order valence-corrected chi connectivity index (χ3v) is 4.12. The van der Waals surface area contributed by atoms with Gasteiger partial charge in [-0.15, -0.1) is 0 Å². The largest absolute Gasteiger partial charge is 1.00 e. The van der Waals surface area contributed by atoms with Crippen molar-refractivity contribution in [3.63, 3.8) is 0 Å². The number of aromatic nitrogens is 4. The molecule has 0 bridgehead atoms. The van der Waals surface area contributed by atoms with E-state index in [1.807, 2.05) is 0 Å². The number of aromatic amines is 1. The summed E-state index contributed by atoms with van der Waals surface area (Å²) in [6.07, 6.45) is -3.42. The van der Waals surface area contributed by atoms with Crippen LogP contribution in [0.5, 0.6) is 0 Å². The van der Waals surface area contributed by atoms with Gasteiger partial charge in [-0.2, -0.15) is 0 Å². The molecular formula is C10H11N5Na2O5. The number of fused-ring (bicyclic) bond motifs is 1. The average molecular weight is 327 g/mol. The summed E-state index contributed by atoms with van der Waals surface area (Å²) >= 11 is 0.265. The van der Waals surface area contributed by atoms with Crippen LogP contribution in [0.2, 0.25) is 0 Å². The monoisotopic (exact) mass is 327 g/mol. The van der Waals surface area contributed by atoms with Gasteiger partial charge in [0.05, 0.1) is 0 Å². The summed E-state index contributed by atoms with van der Waals surface area (Å²) < 4.78 is 5.64. The quantitative estimate of drug-likeness (QED) is 0.395. The standard InChI is InChI=1S/C10H11N5O5.2Na/c11-10-13-7-4(8(19)14-10)12-2-15(7)9-6(18)5(17)3(1-16)20-9;;/h1-3,5-6,9,17-18H,(H3,11,13,14,19);;/q-1;;+1/t3-,5-,6-,9-;;/m1../s1. The number of nitrogens with one attached hydrogen (secondary N) is 1. The van der Waals surface area contributed by atoms with Gasteiger partial charge in [-0.25, -0.2) is 0 Å². The minimum atomic E-state index is -1.32. The van der Waals surface area contributed by atoms with Gasteiger partial charge in [-0.05, 0) is 0 Å². The van der Waals surface area contributed by atoms with Crippen LogP contribution in [0.3, 0.4) is 0 Å². The number of nitrogens with two attached hydrogens (primary N) is 1. The number of hydrogen-bond acceptors (Lipinski definition) is 8. The first kappa shape index (κ1) is 18.3. The maximum Gasteiger partial charge on any atom is 1.00 e.